The number of hydrogen-bond acceptors (Lipinski definition) is 6. The van der Waals surface area contributed by atoms with Crippen LogP contribution in [0.15, 0.2) is 18.2 Å². The van der Waals surface area contributed by atoms with Crippen molar-refractivity contribution in [3.8, 4) is 11.5 Å². The Morgan fingerprint density at radius 3 is 2.31 bits per heavy atom. The molecule has 4 bridgehead atoms. The smallest absolute Gasteiger partial charge is 0.326 e. The van der Waals surface area contributed by atoms with Gasteiger partial charge in [-0.15, -0.1) is 0 Å². The van der Waals surface area contributed by atoms with Crippen LogP contribution in [-0.4, -0.2) is 43.6 Å². The van der Waals surface area contributed by atoms with Crippen LogP contribution >= 0.6 is 0 Å². The largest absolute Gasteiger partial charge is 0.486 e. The summed E-state index contributed by atoms with van der Waals surface area (Å²) in [7, 11) is 0. The molecule has 6 rings (SSSR count). The molecule has 5 aliphatic rings. The van der Waals surface area contributed by atoms with Crippen LogP contribution in [0.5, 0.6) is 11.5 Å². The summed E-state index contributed by atoms with van der Waals surface area (Å²) in [6.07, 6.45) is 5.59. The lowest BCUT2D eigenvalue weighted by molar-refractivity contribution is -0.155. The first-order valence-electron chi connectivity index (χ1n) is 11.6. The molecule has 0 unspecified atom stereocenters. The molecule has 4 fully saturated rings. The maximum atomic E-state index is 13.0. The SMILES string of the molecule is C[C@@H](OC(=O)CNC(=O)C12CC3CC(CC(C3)C1)C2)C(=O)Nc1ccc2c(c1)OCCO2. The molecule has 172 valence electrons. The summed E-state index contributed by atoms with van der Waals surface area (Å²) in [5, 5.41) is 5.50. The summed E-state index contributed by atoms with van der Waals surface area (Å²) in [4.78, 5) is 37.7. The molecule has 8 nitrogen and oxygen atoms in total. The van der Waals surface area contributed by atoms with Gasteiger partial charge in [-0.05, 0) is 75.3 Å². The molecule has 0 radical (unpaired) electrons. The zero-order valence-electron chi connectivity index (χ0n) is 18.4. The summed E-state index contributed by atoms with van der Waals surface area (Å²) in [6.45, 7) is 2.23. The van der Waals surface area contributed by atoms with E-state index in [9.17, 15) is 14.4 Å². The molecular formula is C24H30N2O6. The van der Waals surface area contributed by atoms with Crippen LogP contribution in [0.4, 0.5) is 5.69 Å². The van der Waals surface area contributed by atoms with Gasteiger partial charge in [0.1, 0.15) is 19.8 Å². The third-order valence-electron chi connectivity index (χ3n) is 7.40. The molecule has 2 amide bonds. The Labute approximate surface area is 187 Å². The summed E-state index contributed by atoms with van der Waals surface area (Å²) in [5.74, 6) is 2.06. The van der Waals surface area contributed by atoms with Gasteiger partial charge in [0.05, 0.1) is 0 Å². The van der Waals surface area contributed by atoms with E-state index in [1.165, 1.54) is 26.2 Å². The van der Waals surface area contributed by atoms with E-state index in [0.717, 1.165) is 19.3 Å². The van der Waals surface area contributed by atoms with E-state index in [2.05, 4.69) is 10.6 Å². The van der Waals surface area contributed by atoms with Gasteiger partial charge in [0, 0.05) is 17.2 Å². The number of nitrogens with one attached hydrogen (secondary N) is 2. The molecule has 1 aromatic carbocycles. The summed E-state index contributed by atoms with van der Waals surface area (Å²) in [6, 6.07) is 5.10. The van der Waals surface area contributed by atoms with E-state index < -0.39 is 18.0 Å². The number of anilines is 1. The third-order valence-corrected chi connectivity index (χ3v) is 7.40. The first-order chi connectivity index (χ1) is 15.4. The predicted molar refractivity (Wildman–Crippen MR) is 115 cm³/mol. The van der Waals surface area contributed by atoms with Crippen molar-refractivity contribution in [1.29, 1.82) is 0 Å². The Kier molecular flexibility index (Phi) is 5.47. The molecule has 0 saturated heterocycles. The maximum Gasteiger partial charge on any atom is 0.326 e. The van der Waals surface area contributed by atoms with Crippen molar-refractivity contribution in [3.05, 3.63) is 18.2 Å². The zero-order valence-corrected chi connectivity index (χ0v) is 18.4. The summed E-state index contributed by atoms with van der Waals surface area (Å²) in [5.41, 5.74) is 0.216. The molecule has 1 atom stereocenters. The van der Waals surface area contributed by atoms with Gasteiger partial charge in [-0.3, -0.25) is 14.4 Å². The molecule has 0 aromatic heterocycles. The fourth-order valence-electron chi connectivity index (χ4n) is 6.39. The van der Waals surface area contributed by atoms with E-state index >= 15 is 0 Å². The molecule has 1 heterocycles. The summed E-state index contributed by atoms with van der Waals surface area (Å²) < 4.78 is 16.2. The van der Waals surface area contributed by atoms with Crippen LogP contribution in [0.1, 0.15) is 45.4 Å². The van der Waals surface area contributed by atoms with Gasteiger partial charge in [-0.2, -0.15) is 0 Å². The number of hydrogen-bond donors (Lipinski definition) is 2. The average molecular weight is 443 g/mol. The first-order valence-corrected chi connectivity index (χ1v) is 11.6. The lowest BCUT2D eigenvalue weighted by atomic mass is 9.49. The minimum absolute atomic E-state index is 0.0260. The Balaban J connectivity index is 1.10. The second-order valence-electron chi connectivity index (χ2n) is 9.86. The van der Waals surface area contributed by atoms with Crippen LogP contribution in [0.2, 0.25) is 0 Å². The van der Waals surface area contributed by atoms with Crippen molar-refractivity contribution in [2.75, 3.05) is 25.1 Å². The van der Waals surface area contributed by atoms with Crippen molar-refractivity contribution < 1.29 is 28.6 Å². The standard InChI is InChI=1S/C24H30N2O6/c1-14(22(28)26-18-2-3-19-20(9-18)31-5-4-30-19)32-21(27)13-25-23(29)24-10-15-6-16(11-24)8-17(7-15)12-24/h2-3,9,14-17H,4-8,10-13H2,1H3,(H,25,29)(H,26,28)/t14-,15?,16?,17?,24?/m1/s1. The average Bonchev–Trinajstić information content (AvgIpc) is 2.76. The van der Waals surface area contributed by atoms with Crippen molar-refractivity contribution in [2.45, 2.75) is 51.6 Å². The molecular weight excluding hydrogens is 412 g/mol. The molecule has 2 N–H and O–H groups in total. The fraction of sp³-hybridized carbons (Fsp3) is 0.625. The number of ether oxygens (including phenoxy) is 3. The van der Waals surface area contributed by atoms with E-state index in [1.54, 1.807) is 18.2 Å². The minimum Gasteiger partial charge on any atom is -0.486 e. The molecule has 4 aliphatic carbocycles. The first kappa shape index (κ1) is 21.1. The monoisotopic (exact) mass is 442 g/mol. The van der Waals surface area contributed by atoms with Crippen LogP contribution in [-0.2, 0) is 19.1 Å². The molecule has 32 heavy (non-hydrogen) atoms. The van der Waals surface area contributed by atoms with Gasteiger partial charge in [0.15, 0.2) is 17.6 Å². The third kappa shape index (κ3) is 4.14. The second-order valence-corrected chi connectivity index (χ2v) is 9.86. The predicted octanol–water partition coefficient (Wildman–Crippen LogP) is 2.66. The van der Waals surface area contributed by atoms with E-state index in [4.69, 9.17) is 14.2 Å². The van der Waals surface area contributed by atoms with Gasteiger partial charge in [0.2, 0.25) is 5.91 Å². The van der Waals surface area contributed by atoms with Crippen LogP contribution in [0, 0.1) is 23.2 Å². The van der Waals surface area contributed by atoms with Gasteiger partial charge in [0.25, 0.3) is 5.91 Å². The van der Waals surface area contributed by atoms with Gasteiger partial charge < -0.3 is 24.8 Å². The Hall–Kier alpha value is -2.77. The van der Waals surface area contributed by atoms with Crippen molar-refractivity contribution >= 4 is 23.5 Å². The van der Waals surface area contributed by atoms with Gasteiger partial charge in [-0.25, -0.2) is 0 Å². The molecule has 4 saturated carbocycles. The molecule has 0 spiro atoms. The van der Waals surface area contributed by atoms with Crippen molar-refractivity contribution in [2.24, 2.45) is 23.2 Å². The highest BCUT2D eigenvalue weighted by Crippen LogP contribution is 2.60. The number of esters is 1. The maximum absolute atomic E-state index is 13.0. The number of carbonyl (C=O) groups excluding carboxylic acids is 3. The molecule has 8 heteroatoms. The van der Waals surface area contributed by atoms with E-state index in [0.29, 0.717) is 48.2 Å². The quantitative estimate of drug-likeness (QED) is 0.657. The van der Waals surface area contributed by atoms with Gasteiger partial charge in [-0.1, -0.05) is 0 Å². The van der Waals surface area contributed by atoms with E-state index in [1.807, 2.05) is 0 Å². The number of amides is 2. The van der Waals surface area contributed by atoms with Crippen LogP contribution < -0.4 is 20.1 Å². The van der Waals surface area contributed by atoms with Crippen molar-refractivity contribution in [3.63, 3.8) is 0 Å². The number of carbonyl (C=O) groups is 3. The summed E-state index contributed by atoms with van der Waals surface area (Å²) >= 11 is 0. The zero-order chi connectivity index (χ0) is 22.3. The molecule has 1 aromatic rings. The highest BCUT2D eigenvalue weighted by molar-refractivity contribution is 5.95. The van der Waals surface area contributed by atoms with Crippen LogP contribution in [0.3, 0.4) is 0 Å². The topological polar surface area (TPSA) is 103 Å². The number of fused-ring (bicyclic) bond motifs is 1. The Morgan fingerprint density at radius 1 is 1.03 bits per heavy atom. The number of benzene rings is 1. The lowest BCUT2D eigenvalue weighted by Crippen LogP contribution is -2.54. The lowest BCUT2D eigenvalue weighted by Gasteiger charge is -2.55. The van der Waals surface area contributed by atoms with Crippen LogP contribution in [0.25, 0.3) is 0 Å². The highest BCUT2D eigenvalue weighted by Gasteiger charge is 2.54. The Morgan fingerprint density at radius 2 is 1.66 bits per heavy atom. The number of rotatable bonds is 6. The second kappa shape index (κ2) is 8.30. The molecule has 1 aliphatic heterocycles. The van der Waals surface area contributed by atoms with Crippen molar-refractivity contribution in [1.82, 2.24) is 5.32 Å². The Bertz CT molecular complexity index is 894. The van der Waals surface area contributed by atoms with E-state index in [-0.39, 0.29) is 17.9 Å². The highest BCUT2D eigenvalue weighted by atomic mass is 16.6. The van der Waals surface area contributed by atoms with Gasteiger partial charge >= 0.3 is 5.97 Å². The minimum atomic E-state index is -0.993. The fourth-order valence-corrected chi connectivity index (χ4v) is 6.39. The normalized spacial score (nSPS) is 30.3.